The first-order valence-corrected chi connectivity index (χ1v) is 6.88. The summed E-state index contributed by atoms with van der Waals surface area (Å²) in [7, 11) is -5.57. The van der Waals surface area contributed by atoms with Gasteiger partial charge in [0.25, 0.3) is 0 Å². The lowest BCUT2D eigenvalue weighted by Gasteiger charge is -2.38. The molecule has 0 aromatic heterocycles. The van der Waals surface area contributed by atoms with Crippen LogP contribution in [-0.4, -0.2) is 13.9 Å². The zero-order valence-electron chi connectivity index (χ0n) is 10.8. The lowest BCUT2D eigenvalue weighted by atomic mass is 9.69. The van der Waals surface area contributed by atoms with Crippen molar-refractivity contribution in [2.24, 2.45) is 10.8 Å². The van der Waals surface area contributed by atoms with E-state index in [0.717, 1.165) is 6.42 Å². The maximum absolute atomic E-state index is 12.2. The lowest BCUT2D eigenvalue weighted by molar-refractivity contribution is -0.0529. The van der Waals surface area contributed by atoms with Crippen LogP contribution >= 0.6 is 0 Å². The minimum atomic E-state index is -5.57. The monoisotopic (exact) mass is 286 g/mol. The van der Waals surface area contributed by atoms with E-state index in [9.17, 15) is 21.6 Å². The van der Waals surface area contributed by atoms with Crippen LogP contribution < -0.4 is 0 Å². The molecule has 0 aliphatic heterocycles. The van der Waals surface area contributed by atoms with Crippen LogP contribution in [0, 0.1) is 10.8 Å². The second-order valence-electron chi connectivity index (χ2n) is 6.10. The van der Waals surface area contributed by atoms with Gasteiger partial charge in [-0.05, 0) is 23.3 Å². The predicted molar refractivity (Wildman–Crippen MR) is 60.9 cm³/mol. The summed E-state index contributed by atoms with van der Waals surface area (Å²) in [6.07, 6.45) is 2.38. The van der Waals surface area contributed by atoms with Crippen molar-refractivity contribution in [2.75, 3.05) is 0 Å². The maximum atomic E-state index is 12.2. The largest absolute Gasteiger partial charge is 0.534 e. The van der Waals surface area contributed by atoms with Crippen LogP contribution in [0.1, 0.15) is 40.5 Å². The summed E-state index contributed by atoms with van der Waals surface area (Å²) in [6.45, 7) is 7.39. The molecule has 1 rings (SSSR count). The molecule has 1 aliphatic carbocycles. The minimum Gasteiger partial charge on any atom is -0.381 e. The lowest BCUT2D eigenvalue weighted by Crippen LogP contribution is -2.31. The molecule has 0 amide bonds. The summed E-state index contributed by atoms with van der Waals surface area (Å²) in [5.74, 6) is -0.131. The predicted octanol–water partition coefficient (Wildman–Crippen LogP) is 3.58. The first-order chi connectivity index (χ1) is 7.74. The molecule has 3 nitrogen and oxygen atoms in total. The number of hydrogen-bond donors (Lipinski definition) is 0. The third-order valence-corrected chi connectivity index (χ3v) is 3.64. The van der Waals surface area contributed by atoms with Crippen molar-refractivity contribution in [3.8, 4) is 0 Å². The third kappa shape index (κ3) is 3.63. The Morgan fingerprint density at radius 1 is 1.22 bits per heavy atom. The maximum Gasteiger partial charge on any atom is 0.534 e. The van der Waals surface area contributed by atoms with Crippen LogP contribution in [-0.2, 0) is 14.3 Å². The summed E-state index contributed by atoms with van der Waals surface area (Å²) >= 11 is 0. The van der Waals surface area contributed by atoms with Crippen molar-refractivity contribution >= 4 is 10.1 Å². The number of halogens is 3. The minimum absolute atomic E-state index is 0.131. The molecule has 0 unspecified atom stereocenters. The molecular weight excluding hydrogens is 269 g/mol. The molecule has 0 aromatic rings. The highest BCUT2D eigenvalue weighted by molar-refractivity contribution is 7.87. The molecule has 0 saturated heterocycles. The van der Waals surface area contributed by atoms with E-state index < -0.39 is 21.0 Å². The van der Waals surface area contributed by atoms with Gasteiger partial charge in [-0.1, -0.05) is 27.7 Å². The van der Waals surface area contributed by atoms with Crippen LogP contribution in [0.3, 0.4) is 0 Å². The second kappa shape index (κ2) is 4.15. The van der Waals surface area contributed by atoms with Crippen molar-refractivity contribution in [3.05, 3.63) is 11.8 Å². The van der Waals surface area contributed by atoms with Gasteiger partial charge < -0.3 is 4.18 Å². The van der Waals surface area contributed by atoms with Crippen LogP contribution in [0.5, 0.6) is 0 Å². The van der Waals surface area contributed by atoms with Crippen LogP contribution in [0.2, 0.25) is 0 Å². The number of hydrogen-bond acceptors (Lipinski definition) is 3. The summed E-state index contributed by atoms with van der Waals surface area (Å²) in [5, 5.41) is 0. The van der Waals surface area contributed by atoms with Crippen LogP contribution in [0.15, 0.2) is 11.8 Å². The molecule has 0 radical (unpaired) electrons. The zero-order valence-corrected chi connectivity index (χ0v) is 11.6. The molecule has 0 fully saturated rings. The molecule has 7 heteroatoms. The van der Waals surface area contributed by atoms with E-state index in [2.05, 4.69) is 4.18 Å². The smallest absolute Gasteiger partial charge is 0.381 e. The van der Waals surface area contributed by atoms with Crippen molar-refractivity contribution in [1.82, 2.24) is 0 Å². The van der Waals surface area contributed by atoms with E-state index in [0.29, 0.717) is 0 Å². The van der Waals surface area contributed by atoms with Gasteiger partial charge in [-0.3, -0.25) is 0 Å². The Morgan fingerprint density at radius 2 is 1.72 bits per heavy atom. The van der Waals surface area contributed by atoms with E-state index in [4.69, 9.17) is 0 Å². The van der Waals surface area contributed by atoms with E-state index in [1.165, 1.54) is 6.08 Å². The average Bonchev–Trinajstić information content (AvgIpc) is 1.92. The number of rotatable bonds is 2. The summed E-state index contributed by atoms with van der Waals surface area (Å²) in [5.41, 5.74) is -6.08. The van der Waals surface area contributed by atoms with Gasteiger partial charge in [0.1, 0.15) is 5.76 Å². The van der Waals surface area contributed by atoms with E-state index in [-0.39, 0.29) is 17.6 Å². The first kappa shape index (κ1) is 15.3. The molecule has 18 heavy (non-hydrogen) atoms. The Balaban J connectivity index is 3.02. The Kier molecular flexibility index (Phi) is 3.53. The normalized spacial score (nSPS) is 23.4. The van der Waals surface area contributed by atoms with E-state index >= 15 is 0 Å². The highest BCUT2D eigenvalue weighted by atomic mass is 32.2. The van der Waals surface area contributed by atoms with Gasteiger partial charge in [0.15, 0.2) is 0 Å². The molecule has 0 N–H and O–H groups in total. The van der Waals surface area contributed by atoms with Crippen molar-refractivity contribution < 1.29 is 25.8 Å². The van der Waals surface area contributed by atoms with E-state index in [1.54, 1.807) is 0 Å². The van der Waals surface area contributed by atoms with Crippen molar-refractivity contribution in [2.45, 2.75) is 46.0 Å². The molecule has 0 spiro atoms. The summed E-state index contributed by atoms with van der Waals surface area (Å²) in [4.78, 5) is 0. The summed E-state index contributed by atoms with van der Waals surface area (Å²) < 4.78 is 62.8. The fraction of sp³-hybridized carbons (Fsp3) is 0.818. The molecule has 0 saturated carbocycles. The van der Waals surface area contributed by atoms with Gasteiger partial charge in [-0.2, -0.15) is 21.6 Å². The van der Waals surface area contributed by atoms with Crippen molar-refractivity contribution in [3.63, 3.8) is 0 Å². The fourth-order valence-corrected chi connectivity index (χ4v) is 3.03. The topological polar surface area (TPSA) is 43.4 Å². The second-order valence-corrected chi connectivity index (χ2v) is 7.64. The molecule has 1 aliphatic rings. The fourth-order valence-electron chi connectivity index (χ4n) is 2.55. The van der Waals surface area contributed by atoms with Crippen LogP contribution in [0.4, 0.5) is 13.2 Å². The molecule has 0 bridgehead atoms. The van der Waals surface area contributed by atoms with Crippen molar-refractivity contribution in [1.29, 1.82) is 0 Å². The molecular formula is C11H17F3O3S. The highest BCUT2D eigenvalue weighted by Crippen LogP contribution is 2.45. The first-order valence-electron chi connectivity index (χ1n) is 5.47. The Hall–Kier alpha value is -0.720. The standard InChI is InChI=1S/C11H17F3O3S/c1-9(2)5-8(6-10(3,4)7-9)17-18(15,16)11(12,13)14/h5H,6-7H2,1-4H3. The zero-order chi connectivity index (χ0) is 14.4. The third-order valence-electron chi connectivity index (χ3n) is 2.64. The average molecular weight is 286 g/mol. The van der Waals surface area contributed by atoms with Gasteiger partial charge in [-0.15, -0.1) is 0 Å². The number of allylic oxidation sites excluding steroid dienone is 2. The number of alkyl halides is 3. The Morgan fingerprint density at radius 3 is 2.11 bits per heavy atom. The Bertz CT molecular complexity index is 458. The van der Waals surface area contributed by atoms with Crippen LogP contribution in [0.25, 0.3) is 0 Å². The quantitative estimate of drug-likeness (QED) is 0.575. The van der Waals surface area contributed by atoms with Gasteiger partial charge in [0.2, 0.25) is 0 Å². The van der Waals surface area contributed by atoms with Gasteiger partial charge >= 0.3 is 15.6 Å². The SMILES string of the molecule is CC1(C)C=C(OS(=O)(=O)C(F)(F)F)CC(C)(C)C1. The molecule has 106 valence electrons. The van der Waals surface area contributed by atoms with E-state index in [1.807, 2.05) is 27.7 Å². The van der Waals surface area contributed by atoms with Gasteiger partial charge in [0.05, 0.1) is 0 Å². The molecule has 0 heterocycles. The Labute approximate surface area is 105 Å². The van der Waals surface area contributed by atoms with Gasteiger partial charge in [0, 0.05) is 6.42 Å². The summed E-state index contributed by atoms with van der Waals surface area (Å²) in [6, 6.07) is 0. The molecule has 0 atom stereocenters. The highest BCUT2D eigenvalue weighted by Gasteiger charge is 2.49. The molecule has 0 aromatic carbocycles. The van der Waals surface area contributed by atoms with Gasteiger partial charge in [-0.25, -0.2) is 0 Å².